The standard InChI is InChI=1S/C28H32O4/c1-5-22-17-24(10-11-26(22)23-8-6-19(2)7-9-23)27-16-20(3)28(32-15-13-29)18-25(27)12-14-31-21(4)30/h6-11,16-18,29H,5,12-15H2,1-4H3. The third-order valence-corrected chi connectivity index (χ3v) is 5.59. The summed E-state index contributed by atoms with van der Waals surface area (Å²) in [5, 5.41) is 9.13. The second kappa shape index (κ2) is 11.0. The van der Waals surface area contributed by atoms with Gasteiger partial charge in [0.05, 0.1) is 13.2 Å². The number of hydrogen-bond acceptors (Lipinski definition) is 4. The van der Waals surface area contributed by atoms with Crippen LogP contribution in [0.2, 0.25) is 0 Å². The van der Waals surface area contributed by atoms with Gasteiger partial charge in [-0.2, -0.15) is 0 Å². The van der Waals surface area contributed by atoms with Gasteiger partial charge in [-0.25, -0.2) is 0 Å². The molecule has 0 radical (unpaired) electrons. The van der Waals surface area contributed by atoms with Gasteiger partial charge in [-0.3, -0.25) is 4.79 Å². The lowest BCUT2D eigenvalue weighted by atomic mass is 9.90. The zero-order valence-corrected chi connectivity index (χ0v) is 19.4. The van der Waals surface area contributed by atoms with Gasteiger partial charge in [0.2, 0.25) is 0 Å². The first kappa shape index (κ1) is 23.6. The van der Waals surface area contributed by atoms with E-state index < -0.39 is 0 Å². The Morgan fingerprint density at radius 2 is 1.59 bits per heavy atom. The van der Waals surface area contributed by atoms with E-state index in [9.17, 15) is 4.79 Å². The second-order valence-corrected chi connectivity index (χ2v) is 8.03. The number of rotatable bonds is 9. The maximum absolute atomic E-state index is 11.3. The molecule has 0 bridgehead atoms. The molecule has 0 saturated heterocycles. The Hall–Kier alpha value is -3.11. The molecule has 0 aromatic heterocycles. The van der Waals surface area contributed by atoms with Crippen LogP contribution in [0.3, 0.4) is 0 Å². The second-order valence-electron chi connectivity index (χ2n) is 8.03. The Kier molecular flexibility index (Phi) is 8.07. The molecular weight excluding hydrogens is 400 g/mol. The first-order valence-electron chi connectivity index (χ1n) is 11.1. The van der Waals surface area contributed by atoms with Crippen LogP contribution in [0.5, 0.6) is 5.75 Å². The number of aryl methyl sites for hydroxylation is 3. The van der Waals surface area contributed by atoms with Gasteiger partial charge < -0.3 is 14.6 Å². The Bertz CT molecular complexity index is 1070. The summed E-state index contributed by atoms with van der Waals surface area (Å²) in [4.78, 5) is 11.3. The molecule has 0 spiro atoms. The van der Waals surface area contributed by atoms with E-state index in [2.05, 4.69) is 62.4 Å². The van der Waals surface area contributed by atoms with Crippen molar-refractivity contribution in [1.29, 1.82) is 0 Å². The fourth-order valence-corrected chi connectivity index (χ4v) is 3.89. The van der Waals surface area contributed by atoms with E-state index in [0.717, 1.165) is 34.4 Å². The van der Waals surface area contributed by atoms with E-state index in [-0.39, 0.29) is 19.2 Å². The molecule has 0 unspecified atom stereocenters. The Balaban J connectivity index is 2.03. The van der Waals surface area contributed by atoms with Crippen molar-refractivity contribution in [1.82, 2.24) is 0 Å². The minimum Gasteiger partial charge on any atom is -0.491 e. The number of carbonyl (C=O) groups excluding carboxylic acids is 1. The van der Waals surface area contributed by atoms with Gasteiger partial charge in [-0.1, -0.05) is 55.0 Å². The number of aliphatic hydroxyl groups is 1. The van der Waals surface area contributed by atoms with Crippen molar-refractivity contribution in [2.45, 2.75) is 40.5 Å². The van der Waals surface area contributed by atoms with Crippen LogP contribution in [0.1, 0.15) is 36.1 Å². The van der Waals surface area contributed by atoms with Gasteiger partial charge in [-0.15, -0.1) is 0 Å². The highest BCUT2D eigenvalue weighted by molar-refractivity contribution is 5.76. The van der Waals surface area contributed by atoms with Gasteiger partial charge in [-0.05, 0) is 71.3 Å². The molecule has 32 heavy (non-hydrogen) atoms. The molecule has 0 fully saturated rings. The first-order chi connectivity index (χ1) is 15.4. The van der Waals surface area contributed by atoms with Crippen molar-refractivity contribution in [2.75, 3.05) is 19.8 Å². The van der Waals surface area contributed by atoms with E-state index in [4.69, 9.17) is 14.6 Å². The number of carbonyl (C=O) groups is 1. The van der Waals surface area contributed by atoms with E-state index in [0.29, 0.717) is 13.0 Å². The van der Waals surface area contributed by atoms with Crippen molar-refractivity contribution in [3.63, 3.8) is 0 Å². The lowest BCUT2D eigenvalue weighted by Gasteiger charge is -2.17. The molecule has 0 amide bonds. The van der Waals surface area contributed by atoms with Crippen molar-refractivity contribution in [2.24, 2.45) is 0 Å². The van der Waals surface area contributed by atoms with E-state index in [1.807, 2.05) is 13.0 Å². The largest absolute Gasteiger partial charge is 0.491 e. The molecule has 168 valence electrons. The zero-order valence-electron chi connectivity index (χ0n) is 19.4. The van der Waals surface area contributed by atoms with Crippen LogP contribution in [-0.2, 0) is 22.4 Å². The zero-order chi connectivity index (χ0) is 23.1. The smallest absolute Gasteiger partial charge is 0.302 e. The fourth-order valence-electron chi connectivity index (χ4n) is 3.89. The number of benzene rings is 3. The number of ether oxygens (including phenoxy) is 2. The van der Waals surface area contributed by atoms with Gasteiger partial charge in [0.25, 0.3) is 0 Å². The molecule has 3 aromatic carbocycles. The van der Waals surface area contributed by atoms with Crippen LogP contribution in [-0.4, -0.2) is 30.9 Å². The molecule has 0 aliphatic heterocycles. The summed E-state index contributed by atoms with van der Waals surface area (Å²) in [6, 6.07) is 19.4. The number of hydrogen-bond donors (Lipinski definition) is 1. The van der Waals surface area contributed by atoms with Crippen molar-refractivity contribution in [3.05, 3.63) is 76.9 Å². The summed E-state index contributed by atoms with van der Waals surface area (Å²) in [5.41, 5.74) is 9.30. The summed E-state index contributed by atoms with van der Waals surface area (Å²) >= 11 is 0. The molecule has 0 aliphatic rings. The predicted octanol–water partition coefficient (Wildman–Crippen LogP) is 5.68. The van der Waals surface area contributed by atoms with Crippen molar-refractivity contribution < 1.29 is 19.4 Å². The van der Waals surface area contributed by atoms with Crippen LogP contribution in [0.15, 0.2) is 54.6 Å². The monoisotopic (exact) mass is 432 g/mol. The molecule has 0 saturated carbocycles. The predicted molar refractivity (Wildman–Crippen MR) is 129 cm³/mol. The summed E-state index contributed by atoms with van der Waals surface area (Å²) in [5.74, 6) is 0.457. The SMILES string of the molecule is CCc1cc(-c2cc(C)c(OCCO)cc2CCOC(C)=O)ccc1-c1ccc(C)cc1. The lowest BCUT2D eigenvalue weighted by molar-refractivity contribution is -0.140. The summed E-state index contributed by atoms with van der Waals surface area (Å²) in [6.45, 7) is 8.22. The van der Waals surface area contributed by atoms with Crippen LogP contribution in [0.25, 0.3) is 22.3 Å². The van der Waals surface area contributed by atoms with Crippen molar-refractivity contribution >= 4 is 5.97 Å². The molecule has 0 heterocycles. The lowest BCUT2D eigenvalue weighted by Crippen LogP contribution is -2.07. The van der Waals surface area contributed by atoms with Gasteiger partial charge >= 0.3 is 5.97 Å². The third kappa shape index (κ3) is 5.77. The van der Waals surface area contributed by atoms with Gasteiger partial charge in [0.15, 0.2) is 0 Å². The number of esters is 1. The average molecular weight is 433 g/mol. The summed E-state index contributed by atoms with van der Waals surface area (Å²) in [7, 11) is 0. The molecule has 1 N–H and O–H groups in total. The molecule has 4 nitrogen and oxygen atoms in total. The van der Waals surface area contributed by atoms with E-state index in [1.54, 1.807) is 0 Å². The highest BCUT2D eigenvalue weighted by Crippen LogP contribution is 2.34. The highest BCUT2D eigenvalue weighted by Gasteiger charge is 2.13. The van der Waals surface area contributed by atoms with Crippen LogP contribution < -0.4 is 4.74 Å². The normalized spacial score (nSPS) is 10.8. The van der Waals surface area contributed by atoms with Crippen LogP contribution in [0.4, 0.5) is 0 Å². The highest BCUT2D eigenvalue weighted by atomic mass is 16.5. The van der Waals surface area contributed by atoms with E-state index >= 15 is 0 Å². The molecule has 0 aliphatic carbocycles. The summed E-state index contributed by atoms with van der Waals surface area (Å²) < 4.78 is 10.9. The number of aliphatic hydroxyl groups excluding tert-OH is 1. The quantitative estimate of drug-likeness (QED) is 0.442. The Labute approximate surface area is 190 Å². The molecule has 3 aromatic rings. The maximum atomic E-state index is 11.3. The molecule has 0 atom stereocenters. The topological polar surface area (TPSA) is 55.8 Å². The van der Waals surface area contributed by atoms with Crippen LogP contribution in [0, 0.1) is 13.8 Å². The summed E-state index contributed by atoms with van der Waals surface area (Å²) in [6.07, 6.45) is 1.52. The third-order valence-electron chi connectivity index (χ3n) is 5.59. The van der Waals surface area contributed by atoms with E-state index in [1.165, 1.54) is 29.2 Å². The molecular formula is C28H32O4. The van der Waals surface area contributed by atoms with Crippen molar-refractivity contribution in [3.8, 4) is 28.0 Å². The van der Waals surface area contributed by atoms with Gasteiger partial charge in [0, 0.05) is 13.3 Å². The maximum Gasteiger partial charge on any atom is 0.302 e. The average Bonchev–Trinajstić information content (AvgIpc) is 2.79. The molecule has 4 heteroatoms. The first-order valence-corrected chi connectivity index (χ1v) is 11.1. The molecule has 3 rings (SSSR count). The van der Waals surface area contributed by atoms with Crippen LogP contribution >= 0.6 is 0 Å². The fraction of sp³-hybridized carbons (Fsp3) is 0.321. The Morgan fingerprint density at radius 3 is 2.25 bits per heavy atom. The minimum absolute atomic E-state index is 0.0374. The Morgan fingerprint density at radius 1 is 0.875 bits per heavy atom. The van der Waals surface area contributed by atoms with Gasteiger partial charge in [0.1, 0.15) is 12.4 Å². The minimum atomic E-state index is -0.286.